The van der Waals surface area contributed by atoms with E-state index in [4.69, 9.17) is 10.00 Å². The van der Waals surface area contributed by atoms with Crippen LogP contribution in [0.4, 0.5) is 10.5 Å². The van der Waals surface area contributed by atoms with E-state index in [1.807, 2.05) is 37.3 Å². The summed E-state index contributed by atoms with van der Waals surface area (Å²) in [4.78, 5) is 13.3. The van der Waals surface area contributed by atoms with E-state index >= 15 is 0 Å². The van der Waals surface area contributed by atoms with Crippen LogP contribution in [0.5, 0.6) is 0 Å². The Morgan fingerprint density at radius 2 is 2.29 bits per heavy atom. The highest BCUT2D eigenvalue weighted by atomic mass is 16.6. The fourth-order valence-corrected chi connectivity index (χ4v) is 2.00. The molecule has 1 atom stereocenters. The van der Waals surface area contributed by atoms with Gasteiger partial charge in [-0.2, -0.15) is 5.26 Å². The van der Waals surface area contributed by atoms with E-state index in [0.29, 0.717) is 6.54 Å². The number of amides is 1. The first-order chi connectivity index (χ1) is 8.26. The maximum absolute atomic E-state index is 11.7. The minimum atomic E-state index is -0.355. The Morgan fingerprint density at radius 3 is 3.00 bits per heavy atom. The number of cyclic esters (lactones) is 1. The van der Waals surface area contributed by atoms with Crippen LogP contribution in [-0.2, 0) is 11.2 Å². The SMILES string of the molecule is CCc1ccccc1N1CC(CC#N)OC1=O. The third-order valence-electron chi connectivity index (χ3n) is 2.86. The molecule has 0 aromatic heterocycles. The van der Waals surface area contributed by atoms with Crippen molar-refractivity contribution >= 4 is 11.8 Å². The Morgan fingerprint density at radius 1 is 1.53 bits per heavy atom. The van der Waals surface area contributed by atoms with Crippen molar-refractivity contribution in [3.05, 3.63) is 29.8 Å². The number of nitriles is 1. The van der Waals surface area contributed by atoms with E-state index in [9.17, 15) is 4.79 Å². The number of aryl methyl sites for hydroxylation is 1. The van der Waals surface area contributed by atoms with E-state index in [1.54, 1.807) is 4.90 Å². The van der Waals surface area contributed by atoms with E-state index in [0.717, 1.165) is 17.7 Å². The number of rotatable bonds is 3. The average Bonchev–Trinajstić information content (AvgIpc) is 2.70. The quantitative estimate of drug-likeness (QED) is 0.801. The molecule has 1 aliphatic heterocycles. The zero-order chi connectivity index (χ0) is 12.3. The molecule has 1 aromatic carbocycles. The molecule has 1 amide bonds. The monoisotopic (exact) mass is 230 g/mol. The van der Waals surface area contributed by atoms with Crippen LogP contribution in [0.3, 0.4) is 0 Å². The number of ether oxygens (including phenoxy) is 1. The number of carbonyl (C=O) groups excluding carboxylic acids is 1. The number of carbonyl (C=O) groups is 1. The molecule has 1 fully saturated rings. The number of benzene rings is 1. The van der Waals surface area contributed by atoms with Gasteiger partial charge in [-0.15, -0.1) is 0 Å². The standard InChI is InChI=1S/C13H14N2O2/c1-2-10-5-3-4-6-12(10)15-9-11(7-8-14)17-13(15)16/h3-6,11H,2,7,9H2,1H3. The van der Waals surface area contributed by atoms with Crippen molar-refractivity contribution in [3.63, 3.8) is 0 Å². The molecule has 0 radical (unpaired) electrons. The minimum absolute atomic E-state index is 0.247. The van der Waals surface area contributed by atoms with Crippen LogP contribution < -0.4 is 4.90 Å². The van der Waals surface area contributed by atoms with Gasteiger partial charge in [0.25, 0.3) is 0 Å². The van der Waals surface area contributed by atoms with Crippen LogP contribution in [0.1, 0.15) is 18.9 Å². The molecular weight excluding hydrogens is 216 g/mol. The van der Waals surface area contributed by atoms with E-state index < -0.39 is 0 Å². The highest BCUT2D eigenvalue weighted by Gasteiger charge is 2.32. The summed E-state index contributed by atoms with van der Waals surface area (Å²) < 4.78 is 5.13. The predicted octanol–water partition coefficient (Wildman–Crippen LogP) is 2.49. The molecule has 1 aromatic rings. The number of hydrogen-bond donors (Lipinski definition) is 0. The van der Waals surface area contributed by atoms with Gasteiger partial charge in [0, 0.05) is 0 Å². The molecular formula is C13H14N2O2. The summed E-state index contributed by atoms with van der Waals surface area (Å²) in [5, 5.41) is 8.61. The summed E-state index contributed by atoms with van der Waals surface area (Å²) >= 11 is 0. The summed E-state index contributed by atoms with van der Waals surface area (Å²) in [6, 6.07) is 9.80. The minimum Gasteiger partial charge on any atom is -0.443 e. The van der Waals surface area contributed by atoms with Crippen molar-refractivity contribution in [1.29, 1.82) is 5.26 Å². The van der Waals surface area contributed by atoms with Gasteiger partial charge < -0.3 is 4.74 Å². The lowest BCUT2D eigenvalue weighted by molar-refractivity contribution is 0.143. The number of hydrogen-bond acceptors (Lipinski definition) is 3. The van der Waals surface area contributed by atoms with Crippen LogP contribution in [0.2, 0.25) is 0 Å². The zero-order valence-electron chi connectivity index (χ0n) is 9.72. The second-order valence-electron chi connectivity index (χ2n) is 3.96. The van der Waals surface area contributed by atoms with Crippen molar-refractivity contribution in [1.82, 2.24) is 0 Å². The number of para-hydroxylation sites is 1. The molecule has 4 nitrogen and oxygen atoms in total. The summed E-state index contributed by atoms with van der Waals surface area (Å²) in [6.07, 6.45) is 0.447. The Hall–Kier alpha value is -2.02. The molecule has 1 unspecified atom stereocenters. The molecule has 1 saturated heterocycles. The maximum atomic E-state index is 11.7. The van der Waals surface area contributed by atoms with Crippen molar-refractivity contribution in [3.8, 4) is 6.07 Å². The Kier molecular flexibility index (Phi) is 3.29. The zero-order valence-corrected chi connectivity index (χ0v) is 9.72. The first-order valence-electron chi connectivity index (χ1n) is 5.69. The van der Waals surface area contributed by atoms with Gasteiger partial charge in [-0.25, -0.2) is 4.79 Å². The van der Waals surface area contributed by atoms with Crippen molar-refractivity contribution < 1.29 is 9.53 Å². The number of nitrogens with zero attached hydrogens (tertiary/aromatic N) is 2. The molecule has 0 aliphatic carbocycles. The van der Waals surface area contributed by atoms with Gasteiger partial charge in [0.2, 0.25) is 0 Å². The van der Waals surface area contributed by atoms with Gasteiger partial charge in [-0.05, 0) is 18.1 Å². The summed E-state index contributed by atoms with van der Waals surface area (Å²) in [5.41, 5.74) is 2.00. The van der Waals surface area contributed by atoms with Crippen molar-refractivity contribution in [2.75, 3.05) is 11.4 Å². The summed E-state index contributed by atoms with van der Waals surface area (Å²) in [7, 11) is 0. The average molecular weight is 230 g/mol. The van der Waals surface area contributed by atoms with E-state index in [-0.39, 0.29) is 18.6 Å². The highest BCUT2D eigenvalue weighted by Crippen LogP contribution is 2.26. The Bertz CT molecular complexity index is 465. The molecule has 17 heavy (non-hydrogen) atoms. The summed E-state index contributed by atoms with van der Waals surface area (Å²) in [5.74, 6) is 0. The van der Waals surface area contributed by atoms with Gasteiger partial charge in [0.05, 0.1) is 24.7 Å². The van der Waals surface area contributed by atoms with Crippen LogP contribution in [0, 0.1) is 11.3 Å². The van der Waals surface area contributed by atoms with Gasteiger partial charge in [-0.1, -0.05) is 25.1 Å². The molecule has 0 N–H and O–H groups in total. The lowest BCUT2D eigenvalue weighted by Gasteiger charge is -2.16. The fourth-order valence-electron chi connectivity index (χ4n) is 2.00. The first kappa shape index (κ1) is 11.5. The molecule has 0 bridgehead atoms. The van der Waals surface area contributed by atoms with E-state index in [2.05, 4.69) is 0 Å². The normalized spacial score (nSPS) is 18.9. The third-order valence-corrected chi connectivity index (χ3v) is 2.86. The lowest BCUT2D eigenvalue weighted by atomic mass is 10.1. The van der Waals surface area contributed by atoms with Crippen molar-refractivity contribution in [2.24, 2.45) is 0 Å². The second-order valence-corrected chi connectivity index (χ2v) is 3.96. The molecule has 1 aliphatic rings. The molecule has 0 saturated carbocycles. The van der Waals surface area contributed by atoms with Crippen LogP contribution in [-0.4, -0.2) is 18.7 Å². The smallest absolute Gasteiger partial charge is 0.414 e. The highest BCUT2D eigenvalue weighted by molar-refractivity contribution is 5.90. The second kappa shape index (κ2) is 4.88. The van der Waals surface area contributed by atoms with Crippen LogP contribution in [0.15, 0.2) is 24.3 Å². The molecule has 88 valence electrons. The Labute approximate surface area is 100 Å². The first-order valence-corrected chi connectivity index (χ1v) is 5.69. The molecule has 4 heteroatoms. The molecule has 2 rings (SSSR count). The van der Waals surface area contributed by atoms with Gasteiger partial charge in [0.15, 0.2) is 0 Å². The number of anilines is 1. The largest absolute Gasteiger partial charge is 0.443 e. The van der Waals surface area contributed by atoms with Crippen LogP contribution in [0.25, 0.3) is 0 Å². The van der Waals surface area contributed by atoms with Gasteiger partial charge in [0.1, 0.15) is 6.10 Å². The Balaban J connectivity index is 2.23. The summed E-state index contributed by atoms with van der Waals surface area (Å²) in [6.45, 7) is 2.51. The van der Waals surface area contributed by atoms with Crippen molar-refractivity contribution in [2.45, 2.75) is 25.9 Å². The fraction of sp³-hybridized carbons (Fsp3) is 0.385. The predicted molar refractivity (Wildman–Crippen MR) is 63.7 cm³/mol. The van der Waals surface area contributed by atoms with Gasteiger partial charge in [-0.3, -0.25) is 4.90 Å². The topological polar surface area (TPSA) is 53.3 Å². The van der Waals surface area contributed by atoms with Gasteiger partial charge >= 0.3 is 6.09 Å². The maximum Gasteiger partial charge on any atom is 0.414 e. The molecule has 0 spiro atoms. The molecule has 1 heterocycles. The lowest BCUT2D eigenvalue weighted by Crippen LogP contribution is -2.25. The third kappa shape index (κ3) is 2.23. The van der Waals surface area contributed by atoms with E-state index in [1.165, 1.54) is 0 Å². The van der Waals surface area contributed by atoms with Crippen LogP contribution >= 0.6 is 0 Å².